The van der Waals surface area contributed by atoms with Crippen LogP contribution in [0.3, 0.4) is 0 Å². The van der Waals surface area contributed by atoms with E-state index in [9.17, 15) is 84.3 Å². The van der Waals surface area contributed by atoms with Crippen molar-refractivity contribution in [2.24, 2.45) is 0 Å². The summed E-state index contributed by atoms with van der Waals surface area (Å²) < 4.78 is 163. The summed E-state index contributed by atoms with van der Waals surface area (Å²) in [5.41, 5.74) is -20.0. The second kappa shape index (κ2) is 12.3. The minimum absolute atomic E-state index is 0.131. The van der Waals surface area contributed by atoms with Gasteiger partial charge in [0.2, 0.25) is 0 Å². The summed E-state index contributed by atoms with van der Waals surface area (Å²) >= 11 is 0. The van der Waals surface area contributed by atoms with Crippen LogP contribution in [0.5, 0.6) is 0 Å². The predicted molar refractivity (Wildman–Crippen MR) is 129 cm³/mol. The first-order chi connectivity index (χ1) is 22.1. The first kappa shape index (κ1) is 35.8. The number of nitriles is 6. The maximum atomic E-state index is 13.7. The second-order valence-corrected chi connectivity index (χ2v) is 8.88. The third-order valence-electron chi connectivity index (χ3n) is 6.11. The normalized spacial score (nSPS) is 13.1. The van der Waals surface area contributed by atoms with Crippen molar-refractivity contribution in [3.8, 4) is 36.4 Å². The molecular weight excluding hydrogens is 676 g/mol. The highest BCUT2D eigenvalue weighted by Gasteiger charge is 2.43. The smallest absolute Gasteiger partial charge is 0.237 e. The molecule has 8 nitrogen and oxygen atoms in total. The summed E-state index contributed by atoms with van der Waals surface area (Å²) in [7, 11) is 0. The largest absolute Gasteiger partial charge is 0.434 e. The van der Waals surface area contributed by atoms with Crippen LogP contribution in [0.2, 0.25) is 0 Å². The first-order valence-corrected chi connectivity index (χ1v) is 11.8. The zero-order valence-corrected chi connectivity index (χ0v) is 22.4. The van der Waals surface area contributed by atoms with Crippen molar-refractivity contribution < 1.29 is 52.7 Å². The lowest BCUT2D eigenvalue weighted by Gasteiger charge is -2.16. The van der Waals surface area contributed by atoms with Gasteiger partial charge in [-0.2, -0.15) is 84.3 Å². The minimum atomic E-state index is -5.70. The van der Waals surface area contributed by atoms with E-state index < -0.39 is 102 Å². The number of pyridine rings is 2. The van der Waals surface area contributed by atoms with Crippen LogP contribution in [0.15, 0.2) is 24.3 Å². The Bertz CT molecular complexity index is 2090. The van der Waals surface area contributed by atoms with E-state index in [0.717, 1.165) is 12.1 Å². The number of benzene rings is 1. The lowest BCUT2D eigenvalue weighted by molar-refractivity contribution is -0.151. The molecule has 0 saturated carbocycles. The number of nitrogens with zero attached hydrogens (tertiary/aromatic N) is 8. The van der Waals surface area contributed by atoms with Crippen LogP contribution in [-0.4, -0.2) is 9.97 Å². The van der Waals surface area contributed by atoms with E-state index in [1.54, 1.807) is 0 Å². The summed E-state index contributed by atoms with van der Waals surface area (Å²) in [5, 5.41) is 56.3. The summed E-state index contributed by atoms with van der Waals surface area (Å²) in [5.74, 6) is 0. The molecule has 0 aliphatic rings. The van der Waals surface area contributed by atoms with Gasteiger partial charge >= 0.3 is 24.7 Å². The maximum Gasteiger partial charge on any atom is 0.434 e. The minimum Gasteiger partial charge on any atom is -0.237 e. The van der Waals surface area contributed by atoms with Crippen molar-refractivity contribution in [2.45, 2.75) is 24.7 Å². The summed E-state index contributed by atoms with van der Waals surface area (Å²) in [6.45, 7) is 0. The van der Waals surface area contributed by atoms with Crippen LogP contribution < -0.4 is 10.4 Å². The van der Waals surface area contributed by atoms with Gasteiger partial charge in [0.15, 0.2) is 11.4 Å². The molecular formula is C28H4F12N8. The van der Waals surface area contributed by atoms with Crippen molar-refractivity contribution in [3.05, 3.63) is 90.9 Å². The molecule has 240 valence electrons. The number of rotatable bonds is 2. The van der Waals surface area contributed by atoms with Gasteiger partial charge in [-0.1, -0.05) is 12.1 Å². The summed E-state index contributed by atoms with van der Waals surface area (Å²) in [4.78, 5) is 4.87. The maximum absolute atomic E-state index is 13.7. The highest BCUT2D eigenvalue weighted by atomic mass is 19.4. The van der Waals surface area contributed by atoms with Crippen molar-refractivity contribution >= 4 is 11.1 Å². The third kappa shape index (κ3) is 6.50. The highest BCUT2D eigenvalue weighted by Crippen LogP contribution is 2.39. The fourth-order valence-corrected chi connectivity index (χ4v) is 4.19. The van der Waals surface area contributed by atoms with Gasteiger partial charge in [-0.05, 0) is 12.1 Å². The number of halogens is 12. The van der Waals surface area contributed by atoms with Gasteiger partial charge in [0.25, 0.3) is 0 Å². The van der Waals surface area contributed by atoms with Crippen LogP contribution in [0.4, 0.5) is 52.7 Å². The molecule has 0 unspecified atom stereocenters. The van der Waals surface area contributed by atoms with Crippen LogP contribution in [-0.2, 0) is 24.7 Å². The van der Waals surface area contributed by atoms with E-state index in [1.165, 1.54) is 24.3 Å². The topological polar surface area (TPSA) is 169 Å². The Kier molecular flexibility index (Phi) is 9.17. The van der Waals surface area contributed by atoms with Crippen molar-refractivity contribution in [1.82, 2.24) is 9.97 Å². The molecule has 0 fully saturated rings. The average molecular weight is 680 g/mol. The standard InChI is InChI=1S/C28H4F12N8/c29-25(30,31)21-3-13(19(9-45)23(47-21)27(35,36)37)15(5-41)11-1-2-12(18(8-44)17(11)7-43)16(6-42)14-4-22(26(32,33)34)48-24(20(14)10-46)28(38,39)40/h1-4H/b15-11-,16-12-. The summed E-state index contributed by atoms with van der Waals surface area (Å²) in [6, 6.07) is 7.77. The predicted octanol–water partition coefficient (Wildman–Crippen LogP) is 5.48. The Morgan fingerprint density at radius 1 is 0.458 bits per heavy atom. The molecule has 0 N–H and O–H groups in total. The Morgan fingerprint density at radius 2 is 0.750 bits per heavy atom. The zero-order valence-electron chi connectivity index (χ0n) is 22.4. The molecule has 48 heavy (non-hydrogen) atoms. The molecule has 0 aliphatic heterocycles. The molecule has 20 heteroatoms. The fourth-order valence-electron chi connectivity index (χ4n) is 4.19. The van der Waals surface area contributed by atoms with E-state index in [0.29, 0.717) is 12.1 Å². The van der Waals surface area contributed by atoms with E-state index in [1.807, 2.05) is 0 Å². The Morgan fingerprint density at radius 3 is 0.958 bits per heavy atom. The first-order valence-electron chi connectivity index (χ1n) is 11.8. The van der Waals surface area contributed by atoms with Crippen molar-refractivity contribution in [1.29, 1.82) is 31.6 Å². The Labute approximate surface area is 257 Å². The fraction of sp³-hybridized carbons (Fsp3) is 0.143. The SMILES string of the molecule is N#C/C(c1cc(C(F)(F)F)nc(C(F)(F)F)c1C#N)=c1\cc/c(=C(\C#N)c2cc(C(F)(F)F)nc(C(F)(F)F)c2C#N)c(C#N)c1C#N. The Balaban J connectivity index is 2.72. The van der Waals surface area contributed by atoms with Crippen LogP contribution in [0.25, 0.3) is 11.1 Å². The van der Waals surface area contributed by atoms with E-state index in [2.05, 4.69) is 9.97 Å². The van der Waals surface area contributed by atoms with Gasteiger partial charge in [0, 0.05) is 21.6 Å². The number of alkyl halides is 12. The molecule has 3 aromatic rings. The molecule has 0 spiro atoms. The van der Waals surface area contributed by atoms with Gasteiger partial charge < -0.3 is 0 Å². The quantitative estimate of drug-likeness (QED) is 0.321. The van der Waals surface area contributed by atoms with Crippen LogP contribution in [0.1, 0.15) is 56.2 Å². The summed E-state index contributed by atoms with van der Waals surface area (Å²) in [6.07, 6.45) is -22.6. The molecule has 0 bridgehead atoms. The molecule has 3 rings (SSSR count). The second-order valence-electron chi connectivity index (χ2n) is 8.88. The van der Waals surface area contributed by atoms with Gasteiger partial charge in [-0.3, -0.25) is 0 Å². The monoisotopic (exact) mass is 680 g/mol. The van der Waals surface area contributed by atoms with E-state index >= 15 is 0 Å². The van der Waals surface area contributed by atoms with Crippen LogP contribution in [0, 0.1) is 68.0 Å². The molecule has 0 atom stereocenters. The average Bonchev–Trinajstić information content (AvgIpc) is 2.99. The third-order valence-corrected chi connectivity index (χ3v) is 6.11. The number of aromatic nitrogens is 2. The number of hydrogen-bond donors (Lipinski definition) is 0. The van der Waals surface area contributed by atoms with E-state index in [4.69, 9.17) is 0 Å². The Hall–Kier alpha value is -6.64. The lowest BCUT2D eigenvalue weighted by Crippen LogP contribution is -2.25. The molecule has 2 heterocycles. The lowest BCUT2D eigenvalue weighted by atomic mass is 9.91. The van der Waals surface area contributed by atoms with Crippen molar-refractivity contribution in [2.75, 3.05) is 0 Å². The van der Waals surface area contributed by atoms with E-state index in [-0.39, 0.29) is 12.1 Å². The van der Waals surface area contributed by atoms with Gasteiger partial charge in [-0.15, -0.1) is 0 Å². The zero-order chi connectivity index (χ0) is 36.6. The highest BCUT2D eigenvalue weighted by molar-refractivity contribution is 5.84. The van der Waals surface area contributed by atoms with Gasteiger partial charge in [0.1, 0.15) is 47.8 Å². The van der Waals surface area contributed by atoms with Gasteiger partial charge in [0.05, 0.1) is 33.4 Å². The van der Waals surface area contributed by atoms with Crippen molar-refractivity contribution in [3.63, 3.8) is 0 Å². The molecule has 0 saturated heterocycles. The molecule has 0 aliphatic carbocycles. The molecule has 2 aromatic heterocycles. The number of hydrogen-bond acceptors (Lipinski definition) is 8. The molecule has 1 aromatic carbocycles. The molecule has 0 radical (unpaired) electrons. The molecule has 0 amide bonds. The van der Waals surface area contributed by atoms with Crippen LogP contribution >= 0.6 is 0 Å². The van der Waals surface area contributed by atoms with Gasteiger partial charge in [-0.25, -0.2) is 9.97 Å².